The molecular formula is C6H11FO5. The average molecular weight is 182 g/mol. The largest absolute Gasteiger partial charge is 0.394 e. The van der Waals surface area contributed by atoms with Crippen molar-refractivity contribution in [3.63, 3.8) is 0 Å². The number of halogens is 1. The second-order valence-corrected chi connectivity index (χ2v) is 2.27. The summed E-state index contributed by atoms with van der Waals surface area (Å²) >= 11 is 0. The van der Waals surface area contributed by atoms with Crippen LogP contribution in [-0.4, -0.2) is 57.8 Å². The molecule has 0 aromatic carbocycles. The van der Waals surface area contributed by atoms with Crippen LogP contribution in [0.15, 0.2) is 0 Å². The molecule has 72 valence electrons. The second kappa shape index (κ2) is 5.15. The molecule has 6 heteroatoms. The van der Waals surface area contributed by atoms with Gasteiger partial charge in [0, 0.05) is 0 Å². The van der Waals surface area contributed by atoms with Crippen LogP contribution in [0, 0.1) is 0 Å². The summed E-state index contributed by atoms with van der Waals surface area (Å²) in [7, 11) is 0. The van der Waals surface area contributed by atoms with Gasteiger partial charge in [-0.3, -0.25) is 4.79 Å². The van der Waals surface area contributed by atoms with Gasteiger partial charge in [-0.2, -0.15) is 0 Å². The van der Waals surface area contributed by atoms with E-state index in [4.69, 9.17) is 20.4 Å². The number of carbonyl (C=O) groups excluding carboxylic acids is 1. The van der Waals surface area contributed by atoms with Crippen LogP contribution < -0.4 is 0 Å². The summed E-state index contributed by atoms with van der Waals surface area (Å²) in [4.78, 5) is 10.4. The van der Waals surface area contributed by atoms with E-state index < -0.39 is 37.4 Å². The molecule has 0 aromatic heterocycles. The zero-order valence-corrected chi connectivity index (χ0v) is 6.22. The molecule has 0 saturated heterocycles. The molecule has 0 fully saturated rings. The fourth-order valence-corrected chi connectivity index (χ4v) is 0.581. The van der Waals surface area contributed by atoms with Crippen LogP contribution in [0.2, 0.25) is 0 Å². The lowest BCUT2D eigenvalue weighted by atomic mass is 10.1. The van der Waals surface area contributed by atoms with Gasteiger partial charge in [0.15, 0.2) is 12.0 Å². The topological polar surface area (TPSA) is 98.0 Å². The van der Waals surface area contributed by atoms with Crippen LogP contribution in [0.25, 0.3) is 0 Å². The molecule has 12 heavy (non-hydrogen) atoms. The molecule has 0 aromatic rings. The Morgan fingerprint density at radius 2 is 1.83 bits per heavy atom. The predicted molar refractivity (Wildman–Crippen MR) is 36.1 cm³/mol. The molecule has 0 radical (unpaired) electrons. The molecule has 0 spiro atoms. The van der Waals surface area contributed by atoms with Crippen LogP contribution in [0.4, 0.5) is 4.39 Å². The van der Waals surface area contributed by atoms with Crippen LogP contribution in [0.3, 0.4) is 0 Å². The summed E-state index contributed by atoms with van der Waals surface area (Å²) in [6.07, 6.45) is -6.07. The predicted octanol–water partition coefficient (Wildman–Crippen LogP) is -2.40. The summed E-state index contributed by atoms with van der Waals surface area (Å²) in [6.45, 7) is -1.89. The van der Waals surface area contributed by atoms with E-state index in [9.17, 15) is 9.18 Å². The third-order valence-electron chi connectivity index (χ3n) is 1.34. The maximum atomic E-state index is 12.6. The Balaban J connectivity index is 4.08. The first-order valence-electron chi connectivity index (χ1n) is 3.29. The molecule has 0 saturated carbocycles. The standard InChI is InChI=1S/C6H11FO5/c7-5(3(10)1-8)6(12)4(11)2-9/h4-6,8-9,11-12H,1-2H2/t4-,5+,6+/m1/s1. The normalized spacial score (nSPS) is 18.4. The number of aliphatic hydroxyl groups is 4. The first-order valence-corrected chi connectivity index (χ1v) is 3.29. The zero-order chi connectivity index (χ0) is 9.72. The van der Waals surface area contributed by atoms with Crippen molar-refractivity contribution >= 4 is 5.78 Å². The highest BCUT2D eigenvalue weighted by atomic mass is 19.1. The highest BCUT2D eigenvalue weighted by molar-refractivity contribution is 5.84. The van der Waals surface area contributed by atoms with Crippen molar-refractivity contribution in [2.45, 2.75) is 18.4 Å². The summed E-state index contributed by atoms with van der Waals surface area (Å²) in [6, 6.07) is 0. The average Bonchev–Trinajstić information content (AvgIpc) is 2.12. The minimum absolute atomic E-state index is 0.847. The maximum Gasteiger partial charge on any atom is 0.194 e. The number of Topliss-reactive ketones (excluding diaryl/α,β-unsaturated/α-hetero) is 1. The van der Waals surface area contributed by atoms with Gasteiger partial charge in [-0.05, 0) is 0 Å². The monoisotopic (exact) mass is 182 g/mol. The van der Waals surface area contributed by atoms with Gasteiger partial charge < -0.3 is 20.4 Å². The van der Waals surface area contributed by atoms with Crippen LogP contribution in [0.5, 0.6) is 0 Å². The molecule has 0 bridgehead atoms. The van der Waals surface area contributed by atoms with E-state index >= 15 is 0 Å². The number of hydrogen-bond acceptors (Lipinski definition) is 5. The molecule has 0 aliphatic heterocycles. The Morgan fingerprint density at radius 3 is 2.17 bits per heavy atom. The van der Waals surface area contributed by atoms with Crippen molar-refractivity contribution in [2.75, 3.05) is 13.2 Å². The molecule has 0 aliphatic rings. The fourth-order valence-electron chi connectivity index (χ4n) is 0.581. The summed E-state index contributed by atoms with van der Waals surface area (Å²) in [5.74, 6) is -1.23. The third kappa shape index (κ3) is 2.82. The molecule has 5 nitrogen and oxygen atoms in total. The maximum absolute atomic E-state index is 12.6. The highest BCUT2D eigenvalue weighted by Gasteiger charge is 2.30. The van der Waals surface area contributed by atoms with Crippen molar-refractivity contribution in [3.8, 4) is 0 Å². The molecule has 0 unspecified atom stereocenters. The van der Waals surface area contributed by atoms with Crippen LogP contribution >= 0.6 is 0 Å². The number of aliphatic hydroxyl groups excluding tert-OH is 4. The van der Waals surface area contributed by atoms with E-state index in [1.807, 2.05) is 0 Å². The smallest absolute Gasteiger partial charge is 0.194 e. The Hall–Kier alpha value is -0.560. The van der Waals surface area contributed by atoms with E-state index in [1.54, 1.807) is 0 Å². The molecule has 0 heterocycles. The number of ketones is 1. The third-order valence-corrected chi connectivity index (χ3v) is 1.34. The Morgan fingerprint density at radius 1 is 1.33 bits per heavy atom. The van der Waals surface area contributed by atoms with Crippen molar-refractivity contribution in [2.24, 2.45) is 0 Å². The van der Waals surface area contributed by atoms with E-state index in [0.29, 0.717) is 0 Å². The summed E-state index contributed by atoms with van der Waals surface area (Å²) < 4.78 is 12.6. The van der Waals surface area contributed by atoms with Gasteiger partial charge in [-0.1, -0.05) is 0 Å². The Labute approximate surface area is 68.1 Å². The Bertz CT molecular complexity index is 151. The number of hydrogen-bond donors (Lipinski definition) is 4. The van der Waals surface area contributed by atoms with Gasteiger partial charge in [0.2, 0.25) is 0 Å². The SMILES string of the molecule is O=C(CO)[C@H](F)[C@@H](O)[C@H](O)CO. The van der Waals surface area contributed by atoms with E-state index in [2.05, 4.69) is 0 Å². The van der Waals surface area contributed by atoms with Gasteiger partial charge >= 0.3 is 0 Å². The van der Waals surface area contributed by atoms with Gasteiger partial charge in [0.25, 0.3) is 0 Å². The quantitative estimate of drug-likeness (QED) is 0.380. The summed E-state index contributed by atoms with van der Waals surface area (Å²) in [5.41, 5.74) is 0. The van der Waals surface area contributed by atoms with Crippen LogP contribution in [0.1, 0.15) is 0 Å². The van der Waals surface area contributed by atoms with E-state index in [-0.39, 0.29) is 0 Å². The first kappa shape index (κ1) is 11.4. The molecule has 3 atom stereocenters. The van der Waals surface area contributed by atoms with E-state index in [1.165, 1.54) is 0 Å². The summed E-state index contributed by atoms with van der Waals surface area (Å²) in [5, 5.41) is 33.9. The van der Waals surface area contributed by atoms with Crippen molar-refractivity contribution in [1.29, 1.82) is 0 Å². The van der Waals surface area contributed by atoms with Crippen molar-refractivity contribution in [1.82, 2.24) is 0 Å². The van der Waals surface area contributed by atoms with E-state index in [0.717, 1.165) is 0 Å². The highest BCUT2D eigenvalue weighted by Crippen LogP contribution is 2.05. The second-order valence-electron chi connectivity index (χ2n) is 2.27. The lowest BCUT2D eigenvalue weighted by Crippen LogP contribution is -2.42. The minimum atomic E-state index is -2.36. The molecule has 4 N–H and O–H groups in total. The molecule has 0 rings (SSSR count). The lowest BCUT2D eigenvalue weighted by Gasteiger charge is -2.17. The molecular weight excluding hydrogens is 171 g/mol. The van der Waals surface area contributed by atoms with Gasteiger partial charge in [-0.25, -0.2) is 4.39 Å². The first-order chi connectivity index (χ1) is 5.54. The minimum Gasteiger partial charge on any atom is -0.394 e. The fraction of sp³-hybridized carbons (Fsp3) is 0.833. The van der Waals surface area contributed by atoms with Gasteiger partial charge in [0.1, 0.15) is 18.8 Å². The lowest BCUT2D eigenvalue weighted by molar-refractivity contribution is -0.135. The molecule has 0 amide bonds. The Kier molecular flexibility index (Phi) is 4.91. The number of rotatable bonds is 5. The van der Waals surface area contributed by atoms with Crippen LogP contribution in [-0.2, 0) is 4.79 Å². The molecule has 0 aliphatic carbocycles. The number of carbonyl (C=O) groups is 1. The zero-order valence-electron chi connectivity index (χ0n) is 6.22. The number of alkyl halides is 1. The van der Waals surface area contributed by atoms with Crippen molar-refractivity contribution < 1.29 is 29.6 Å². The van der Waals surface area contributed by atoms with Crippen molar-refractivity contribution in [3.05, 3.63) is 0 Å². The van der Waals surface area contributed by atoms with Gasteiger partial charge in [-0.15, -0.1) is 0 Å². The van der Waals surface area contributed by atoms with Gasteiger partial charge in [0.05, 0.1) is 6.61 Å².